The van der Waals surface area contributed by atoms with Gasteiger partial charge in [-0.15, -0.1) is 0 Å². The van der Waals surface area contributed by atoms with Crippen LogP contribution >= 0.6 is 15.9 Å². The minimum atomic E-state index is -1.07. The van der Waals surface area contributed by atoms with Crippen molar-refractivity contribution in [3.63, 3.8) is 0 Å². The first-order valence-electron chi connectivity index (χ1n) is 7.75. The van der Waals surface area contributed by atoms with Crippen LogP contribution in [0.2, 0.25) is 0 Å². The van der Waals surface area contributed by atoms with Crippen molar-refractivity contribution in [2.45, 2.75) is 37.6 Å². The number of benzene rings is 1. The van der Waals surface area contributed by atoms with Crippen molar-refractivity contribution in [1.29, 1.82) is 0 Å². The fraction of sp³-hybridized carbons (Fsp3) is 0.529. The lowest BCUT2D eigenvalue weighted by atomic mass is 9.76. The largest absolute Gasteiger partial charge is 0.480 e. The van der Waals surface area contributed by atoms with Gasteiger partial charge < -0.3 is 15.2 Å². The van der Waals surface area contributed by atoms with Crippen LogP contribution in [-0.4, -0.2) is 36.2 Å². The molecule has 0 saturated heterocycles. The third-order valence-electron chi connectivity index (χ3n) is 4.39. The molecule has 0 aliphatic heterocycles. The van der Waals surface area contributed by atoms with Crippen LogP contribution in [0.3, 0.4) is 0 Å². The third kappa shape index (κ3) is 4.54. The molecule has 126 valence electrons. The van der Waals surface area contributed by atoms with E-state index in [0.29, 0.717) is 32.3 Å². The summed E-state index contributed by atoms with van der Waals surface area (Å²) in [6.45, 7) is 0.464. The summed E-state index contributed by atoms with van der Waals surface area (Å²) in [6, 6.07) is 7.80. The zero-order valence-corrected chi connectivity index (χ0v) is 14.8. The molecule has 2 N–H and O–H groups in total. The lowest BCUT2D eigenvalue weighted by Crippen LogP contribution is -2.60. The van der Waals surface area contributed by atoms with Crippen molar-refractivity contribution in [3.8, 4) is 0 Å². The smallest absolute Gasteiger partial charge is 0.329 e. The molecule has 1 amide bonds. The Morgan fingerprint density at radius 1 is 1.43 bits per heavy atom. The molecule has 1 aliphatic rings. The highest BCUT2D eigenvalue weighted by molar-refractivity contribution is 9.10. The highest BCUT2D eigenvalue weighted by atomic mass is 79.9. The van der Waals surface area contributed by atoms with Crippen molar-refractivity contribution in [2.75, 3.05) is 13.7 Å². The summed E-state index contributed by atoms with van der Waals surface area (Å²) >= 11 is 3.43. The second-order valence-corrected chi connectivity index (χ2v) is 6.96. The van der Waals surface area contributed by atoms with Gasteiger partial charge in [0.05, 0.1) is 0 Å². The predicted molar refractivity (Wildman–Crippen MR) is 90.2 cm³/mol. The standard InChI is InChI=1S/C17H22BrNO4/c1-23-9-6-13(10-12-4-2-5-14(18)11-12)15(20)19-17(16(21)22)7-3-8-17/h2,4-5,11,13H,3,6-10H2,1H3,(H,19,20)(H,21,22). The molecule has 1 aromatic rings. The second-order valence-electron chi connectivity index (χ2n) is 6.04. The number of hydrogen-bond acceptors (Lipinski definition) is 3. The quantitative estimate of drug-likeness (QED) is 0.723. The molecule has 0 heterocycles. The first-order valence-corrected chi connectivity index (χ1v) is 8.55. The molecule has 23 heavy (non-hydrogen) atoms. The van der Waals surface area contributed by atoms with Crippen LogP contribution < -0.4 is 5.32 Å². The number of aliphatic carboxylic acids is 1. The molecule has 2 rings (SSSR count). The van der Waals surface area contributed by atoms with E-state index in [0.717, 1.165) is 16.5 Å². The van der Waals surface area contributed by atoms with E-state index in [1.807, 2.05) is 24.3 Å². The highest BCUT2D eigenvalue weighted by Crippen LogP contribution is 2.32. The first-order chi connectivity index (χ1) is 11.0. The van der Waals surface area contributed by atoms with Crippen molar-refractivity contribution in [1.82, 2.24) is 5.32 Å². The lowest BCUT2D eigenvalue weighted by Gasteiger charge is -2.39. The Morgan fingerprint density at radius 2 is 2.17 bits per heavy atom. The molecular weight excluding hydrogens is 362 g/mol. The normalized spacial score (nSPS) is 17.1. The molecule has 5 nitrogen and oxygen atoms in total. The van der Waals surface area contributed by atoms with E-state index in [1.54, 1.807) is 7.11 Å². The molecule has 1 atom stereocenters. The summed E-state index contributed by atoms with van der Waals surface area (Å²) in [4.78, 5) is 24.0. The van der Waals surface area contributed by atoms with E-state index in [1.165, 1.54) is 0 Å². The lowest BCUT2D eigenvalue weighted by molar-refractivity contribution is -0.152. The minimum Gasteiger partial charge on any atom is -0.480 e. The van der Waals surface area contributed by atoms with Gasteiger partial charge in [0.25, 0.3) is 0 Å². The Labute approximate surface area is 144 Å². The number of ether oxygens (including phenoxy) is 1. The van der Waals surface area contributed by atoms with E-state index >= 15 is 0 Å². The molecule has 1 unspecified atom stereocenters. The zero-order valence-electron chi connectivity index (χ0n) is 13.2. The van der Waals surface area contributed by atoms with Gasteiger partial charge in [-0.25, -0.2) is 4.79 Å². The van der Waals surface area contributed by atoms with Crippen molar-refractivity contribution < 1.29 is 19.4 Å². The molecule has 1 aliphatic carbocycles. The highest BCUT2D eigenvalue weighted by Gasteiger charge is 2.46. The molecule has 0 aromatic heterocycles. The van der Waals surface area contributed by atoms with E-state index in [-0.39, 0.29) is 11.8 Å². The summed E-state index contributed by atoms with van der Waals surface area (Å²) < 4.78 is 6.06. The number of carbonyl (C=O) groups excluding carboxylic acids is 1. The summed E-state index contributed by atoms with van der Waals surface area (Å²) in [5.41, 5.74) is -0.0340. The Hall–Kier alpha value is -1.40. The number of carbonyl (C=O) groups is 2. The number of methoxy groups -OCH3 is 1. The van der Waals surface area contributed by atoms with Gasteiger partial charge in [0, 0.05) is 24.1 Å². The van der Waals surface area contributed by atoms with E-state index in [9.17, 15) is 14.7 Å². The molecule has 0 bridgehead atoms. The topological polar surface area (TPSA) is 75.6 Å². The van der Waals surface area contributed by atoms with Gasteiger partial charge in [-0.3, -0.25) is 4.79 Å². The number of hydrogen-bond donors (Lipinski definition) is 2. The molecule has 0 spiro atoms. The van der Waals surface area contributed by atoms with Crippen molar-refractivity contribution in [2.24, 2.45) is 5.92 Å². The summed E-state index contributed by atoms with van der Waals surface area (Å²) in [6.07, 6.45) is 2.96. The maximum absolute atomic E-state index is 12.6. The maximum Gasteiger partial charge on any atom is 0.329 e. The summed E-state index contributed by atoms with van der Waals surface area (Å²) in [7, 11) is 1.60. The van der Waals surface area contributed by atoms with E-state index < -0.39 is 11.5 Å². The molecular formula is C17H22BrNO4. The molecule has 6 heteroatoms. The van der Waals surface area contributed by atoms with Crippen LogP contribution in [0.15, 0.2) is 28.7 Å². The monoisotopic (exact) mass is 383 g/mol. The Kier molecular flexibility index (Phi) is 6.18. The minimum absolute atomic E-state index is 0.205. The van der Waals surface area contributed by atoms with Crippen LogP contribution in [0, 0.1) is 5.92 Å². The van der Waals surface area contributed by atoms with Crippen LogP contribution in [0.1, 0.15) is 31.2 Å². The number of rotatable bonds is 8. The number of carboxylic acid groups (broad SMARTS) is 1. The van der Waals surface area contributed by atoms with Crippen LogP contribution in [-0.2, 0) is 20.7 Å². The second kappa shape index (κ2) is 7.93. The molecule has 1 saturated carbocycles. The average molecular weight is 384 g/mol. The first kappa shape index (κ1) is 17.9. The van der Waals surface area contributed by atoms with Gasteiger partial charge in [-0.05, 0) is 49.8 Å². The van der Waals surface area contributed by atoms with Crippen LogP contribution in [0.4, 0.5) is 0 Å². The Balaban J connectivity index is 2.07. The van der Waals surface area contributed by atoms with Gasteiger partial charge in [0.1, 0.15) is 5.54 Å². The molecule has 1 fully saturated rings. The average Bonchev–Trinajstić information content (AvgIpc) is 2.46. The zero-order chi connectivity index (χ0) is 16.9. The summed E-state index contributed by atoms with van der Waals surface area (Å²) in [5.74, 6) is -1.45. The SMILES string of the molecule is COCCC(Cc1cccc(Br)c1)C(=O)NC1(C(=O)O)CCC1. The number of nitrogens with one attached hydrogen (secondary N) is 1. The number of halogens is 1. The van der Waals surface area contributed by atoms with Crippen molar-refractivity contribution in [3.05, 3.63) is 34.3 Å². The summed E-state index contributed by atoms with van der Waals surface area (Å²) in [5, 5.41) is 12.1. The Morgan fingerprint density at radius 3 is 2.70 bits per heavy atom. The fourth-order valence-corrected chi connectivity index (χ4v) is 3.24. The fourth-order valence-electron chi connectivity index (χ4n) is 2.79. The van der Waals surface area contributed by atoms with Gasteiger partial charge in [-0.2, -0.15) is 0 Å². The maximum atomic E-state index is 12.6. The molecule has 0 radical (unpaired) electrons. The van der Waals surface area contributed by atoms with Crippen molar-refractivity contribution >= 4 is 27.8 Å². The number of amides is 1. The van der Waals surface area contributed by atoms with Gasteiger partial charge in [-0.1, -0.05) is 28.1 Å². The van der Waals surface area contributed by atoms with E-state index in [4.69, 9.17) is 4.74 Å². The molecule has 1 aromatic carbocycles. The van der Waals surface area contributed by atoms with Crippen LogP contribution in [0.5, 0.6) is 0 Å². The van der Waals surface area contributed by atoms with Gasteiger partial charge in [0.2, 0.25) is 5.91 Å². The third-order valence-corrected chi connectivity index (χ3v) is 4.88. The van der Waals surface area contributed by atoms with Gasteiger partial charge >= 0.3 is 5.97 Å². The number of carboxylic acids is 1. The Bertz CT molecular complexity index is 571. The van der Waals surface area contributed by atoms with E-state index in [2.05, 4.69) is 21.2 Å². The van der Waals surface area contributed by atoms with Crippen LogP contribution in [0.25, 0.3) is 0 Å². The predicted octanol–water partition coefficient (Wildman–Crippen LogP) is 2.77. The van der Waals surface area contributed by atoms with Gasteiger partial charge in [0.15, 0.2) is 0 Å².